The number of nitrogens with zero attached hydrogens (tertiary/aromatic N) is 1. The van der Waals surface area contributed by atoms with Gasteiger partial charge in [0.05, 0.1) is 6.42 Å². The highest BCUT2D eigenvalue weighted by molar-refractivity contribution is 6.31. The summed E-state index contributed by atoms with van der Waals surface area (Å²) in [5, 5.41) is 9.24. The van der Waals surface area contributed by atoms with Crippen LogP contribution < -0.4 is 0 Å². The number of hydrogen-bond acceptors (Lipinski definition) is 2. The molecule has 1 saturated carbocycles. The van der Waals surface area contributed by atoms with Crippen LogP contribution >= 0.6 is 11.6 Å². The van der Waals surface area contributed by atoms with Crippen molar-refractivity contribution in [3.8, 4) is 0 Å². The van der Waals surface area contributed by atoms with Gasteiger partial charge in [0.1, 0.15) is 11.9 Å². The second-order valence-electron chi connectivity index (χ2n) is 4.96. The van der Waals surface area contributed by atoms with Gasteiger partial charge in [-0.15, -0.1) is 0 Å². The quantitative estimate of drug-likeness (QED) is 0.909. The third-order valence-electron chi connectivity index (χ3n) is 3.36. The van der Waals surface area contributed by atoms with E-state index in [1.54, 1.807) is 0 Å². The Hall–Kier alpha value is -1.62. The summed E-state index contributed by atoms with van der Waals surface area (Å²) >= 11 is 5.89. The van der Waals surface area contributed by atoms with E-state index in [1.807, 2.05) is 0 Å². The van der Waals surface area contributed by atoms with Gasteiger partial charge in [-0.05, 0) is 37.5 Å². The zero-order valence-electron chi connectivity index (χ0n) is 11.0. The van der Waals surface area contributed by atoms with Gasteiger partial charge in [-0.3, -0.25) is 4.79 Å². The minimum Gasteiger partial charge on any atom is -0.480 e. The van der Waals surface area contributed by atoms with Crippen molar-refractivity contribution in [1.82, 2.24) is 4.90 Å². The average Bonchev–Trinajstić information content (AvgIpc) is 3.17. The maximum Gasteiger partial charge on any atom is 0.326 e. The van der Waals surface area contributed by atoms with Crippen LogP contribution in [0.4, 0.5) is 4.39 Å². The molecule has 0 radical (unpaired) electrons. The number of carbonyl (C=O) groups excluding carboxylic acids is 1. The summed E-state index contributed by atoms with van der Waals surface area (Å²) in [4.78, 5) is 24.8. The van der Waals surface area contributed by atoms with Crippen LogP contribution in [-0.4, -0.2) is 34.0 Å². The molecule has 1 aromatic rings. The van der Waals surface area contributed by atoms with Gasteiger partial charge in [-0.25, -0.2) is 9.18 Å². The van der Waals surface area contributed by atoms with Gasteiger partial charge in [-0.1, -0.05) is 17.7 Å². The summed E-state index contributed by atoms with van der Waals surface area (Å²) in [6.07, 6.45) is 1.62. The van der Waals surface area contributed by atoms with Crippen molar-refractivity contribution in [1.29, 1.82) is 0 Å². The van der Waals surface area contributed by atoms with Crippen LogP contribution in [0.5, 0.6) is 0 Å². The van der Waals surface area contributed by atoms with Gasteiger partial charge in [0.15, 0.2) is 0 Å². The molecule has 1 aliphatic rings. The van der Waals surface area contributed by atoms with Gasteiger partial charge in [-0.2, -0.15) is 0 Å². The fourth-order valence-electron chi connectivity index (χ4n) is 2.13. The van der Waals surface area contributed by atoms with Gasteiger partial charge < -0.3 is 10.0 Å². The van der Waals surface area contributed by atoms with Gasteiger partial charge in [0.25, 0.3) is 0 Å². The molecule has 1 amide bonds. The van der Waals surface area contributed by atoms with Crippen molar-refractivity contribution in [2.24, 2.45) is 0 Å². The van der Waals surface area contributed by atoms with Crippen molar-refractivity contribution in [2.75, 3.05) is 0 Å². The Kier molecular flexibility index (Phi) is 4.28. The number of benzene rings is 1. The molecule has 0 spiro atoms. The van der Waals surface area contributed by atoms with Crippen molar-refractivity contribution >= 4 is 23.5 Å². The SMILES string of the molecule is CC(C(=O)O)N(C(=O)Cc1ccc(F)cc1Cl)C1CC1. The van der Waals surface area contributed by atoms with Crippen molar-refractivity contribution in [2.45, 2.75) is 38.3 Å². The van der Waals surface area contributed by atoms with Crippen LogP contribution in [-0.2, 0) is 16.0 Å². The van der Waals surface area contributed by atoms with E-state index in [9.17, 15) is 14.0 Å². The monoisotopic (exact) mass is 299 g/mol. The lowest BCUT2D eigenvalue weighted by Gasteiger charge is -2.26. The third-order valence-corrected chi connectivity index (χ3v) is 3.71. The van der Waals surface area contributed by atoms with E-state index in [-0.39, 0.29) is 23.4 Å². The first-order valence-corrected chi connectivity index (χ1v) is 6.76. The number of aliphatic carboxylic acids is 1. The van der Waals surface area contributed by atoms with E-state index in [2.05, 4.69) is 0 Å². The largest absolute Gasteiger partial charge is 0.480 e. The van der Waals surface area contributed by atoms with Crippen LogP contribution in [0, 0.1) is 5.82 Å². The average molecular weight is 300 g/mol. The van der Waals surface area contributed by atoms with E-state index in [0.717, 1.165) is 18.9 Å². The van der Waals surface area contributed by atoms with E-state index >= 15 is 0 Å². The molecule has 0 bridgehead atoms. The molecule has 0 aromatic heterocycles. The van der Waals surface area contributed by atoms with Gasteiger partial charge in [0.2, 0.25) is 5.91 Å². The molecular formula is C14H15ClFNO3. The Morgan fingerprint density at radius 1 is 1.50 bits per heavy atom. The lowest BCUT2D eigenvalue weighted by molar-refractivity contribution is -0.149. The van der Waals surface area contributed by atoms with E-state index in [4.69, 9.17) is 16.7 Å². The summed E-state index contributed by atoms with van der Waals surface area (Å²) in [5.74, 6) is -1.80. The molecule has 1 aromatic carbocycles. The number of hydrogen-bond donors (Lipinski definition) is 1. The fourth-order valence-corrected chi connectivity index (χ4v) is 2.36. The van der Waals surface area contributed by atoms with Crippen LogP contribution in [0.1, 0.15) is 25.3 Å². The number of carboxylic acids is 1. The molecule has 2 rings (SSSR count). The van der Waals surface area contributed by atoms with Crippen LogP contribution in [0.2, 0.25) is 5.02 Å². The molecule has 1 fully saturated rings. The molecular weight excluding hydrogens is 285 g/mol. The van der Waals surface area contributed by atoms with E-state index in [1.165, 1.54) is 24.0 Å². The maximum absolute atomic E-state index is 13.0. The maximum atomic E-state index is 13.0. The zero-order chi connectivity index (χ0) is 14.9. The lowest BCUT2D eigenvalue weighted by Crippen LogP contribution is -2.45. The normalized spacial score (nSPS) is 15.8. The molecule has 1 aliphatic carbocycles. The predicted octanol–water partition coefficient (Wildman–Crippen LogP) is 2.49. The molecule has 0 heterocycles. The number of carbonyl (C=O) groups is 2. The highest BCUT2D eigenvalue weighted by Crippen LogP contribution is 2.30. The Labute approximate surface area is 121 Å². The van der Waals surface area contributed by atoms with Gasteiger partial charge in [0, 0.05) is 11.1 Å². The highest BCUT2D eigenvalue weighted by atomic mass is 35.5. The zero-order valence-corrected chi connectivity index (χ0v) is 11.7. The Morgan fingerprint density at radius 3 is 2.65 bits per heavy atom. The number of amides is 1. The molecule has 0 aliphatic heterocycles. The van der Waals surface area contributed by atoms with Crippen LogP contribution in [0.3, 0.4) is 0 Å². The molecule has 1 unspecified atom stereocenters. The third kappa shape index (κ3) is 3.28. The van der Waals surface area contributed by atoms with Crippen LogP contribution in [0.15, 0.2) is 18.2 Å². The molecule has 20 heavy (non-hydrogen) atoms. The first-order chi connectivity index (χ1) is 9.40. The molecule has 0 saturated heterocycles. The molecule has 6 heteroatoms. The van der Waals surface area contributed by atoms with E-state index < -0.39 is 17.8 Å². The first kappa shape index (κ1) is 14.8. The predicted molar refractivity (Wildman–Crippen MR) is 72.1 cm³/mol. The Bertz CT molecular complexity index is 545. The van der Waals surface area contributed by atoms with Crippen LogP contribution in [0.25, 0.3) is 0 Å². The summed E-state index contributed by atoms with van der Waals surface area (Å²) in [7, 11) is 0. The fraction of sp³-hybridized carbons (Fsp3) is 0.429. The van der Waals surface area contributed by atoms with Crippen molar-refractivity contribution in [3.05, 3.63) is 34.6 Å². The smallest absolute Gasteiger partial charge is 0.326 e. The first-order valence-electron chi connectivity index (χ1n) is 6.38. The second-order valence-corrected chi connectivity index (χ2v) is 5.37. The lowest BCUT2D eigenvalue weighted by atomic mass is 10.1. The summed E-state index contributed by atoms with van der Waals surface area (Å²) in [5.41, 5.74) is 0.501. The summed E-state index contributed by atoms with van der Waals surface area (Å²) < 4.78 is 13.0. The Balaban J connectivity index is 2.14. The minimum atomic E-state index is -1.03. The minimum absolute atomic E-state index is 0.00664. The molecule has 1 atom stereocenters. The second kappa shape index (κ2) is 5.79. The van der Waals surface area contributed by atoms with Crippen molar-refractivity contribution in [3.63, 3.8) is 0 Å². The number of rotatable bonds is 5. The van der Waals surface area contributed by atoms with Crippen molar-refractivity contribution < 1.29 is 19.1 Å². The number of halogens is 2. The summed E-state index contributed by atoms with van der Waals surface area (Å²) in [6.45, 7) is 1.49. The molecule has 108 valence electrons. The van der Waals surface area contributed by atoms with E-state index in [0.29, 0.717) is 5.56 Å². The summed E-state index contributed by atoms with van der Waals surface area (Å²) in [6, 6.07) is 2.96. The van der Waals surface area contributed by atoms with Gasteiger partial charge >= 0.3 is 5.97 Å². The number of carboxylic acid groups (broad SMARTS) is 1. The Morgan fingerprint density at radius 2 is 2.15 bits per heavy atom. The highest BCUT2D eigenvalue weighted by Gasteiger charge is 2.38. The molecule has 4 nitrogen and oxygen atoms in total. The topological polar surface area (TPSA) is 57.6 Å². The molecule has 1 N–H and O–H groups in total. The standard InChI is InChI=1S/C14H15ClFNO3/c1-8(14(19)20)17(11-4-5-11)13(18)6-9-2-3-10(16)7-12(9)15/h2-3,7-8,11H,4-6H2,1H3,(H,19,20).